The molecule has 2 aromatic rings. The average Bonchev–Trinajstić information content (AvgIpc) is 3.58. The normalized spacial score (nSPS) is 23.6. The van der Waals surface area contributed by atoms with Gasteiger partial charge in [0.1, 0.15) is 17.0 Å². The first-order valence-corrected chi connectivity index (χ1v) is 13.2. The summed E-state index contributed by atoms with van der Waals surface area (Å²) in [6.45, 7) is 1.36. The van der Waals surface area contributed by atoms with Crippen molar-refractivity contribution in [2.75, 3.05) is 26.3 Å². The summed E-state index contributed by atoms with van der Waals surface area (Å²) < 4.78 is 108. The zero-order valence-electron chi connectivity index (χ0n) is 21.9. The van der Waals surface area contributed by atoms with E-state index in [1.54, 1.807) is 0 Å². The number of benzene rings is 1. The Morgan fingerprint density at radius 2 is 1.69 bits per heavy atom. The van der Waals surface area contributed by atoms with Gasteiger partial charge in [-0.1, -0.05) is 12.1 Å². The summed E-state index contributed by atoms with van der Waals surface area (Å²) in [7, 11) is 0. The lowest BCUT2D eigenvalue weighted by Crippen LogP contribution is -2.45. The monoisotopic (exact) mass is 602 g/mol. The van der Waals surface area contributed by atoms with E-state index in [2.05, 4.69) is 10.3 Å². The molecule has 3 fully saturated rings. The van der Waals surface area contributed by atoms with Crippen LogP contribution in [0.3, 0.4) is 0 Å². The quantitative estimate of drug-likeness (QED) is 0.458. The molecule has 8 nitrogen and oxygen atoms in total. The van der Waals surface area contributed by atoms with Crippen molar-refractivity contribution in [3.8, 4) is 17.3 Å². The van der Waals surface area contributed by atoms with E-state index in [0.29, 0.717) is 26.3 Å². The largest absolute Gasteiger partial charge is 0.463 e. The van der Waals surface area contributed by atoms with Crippen molar-refractivity contribution >= 4 is 11.8 Å². The Morgan fingerprint density at radius 1 is 1.05 bits per heavy atom. The van der Waals surface area contributed by atoms with E-state index >= 15 is 0 Å². The number of morpholine rings is 1. The van der Waals surface area contributed by atoms with Crippen LogP contribution in [0.1, 0.15) is 60.0 Å². The molecular weight excluding hydrogens is 577 g/mol. The Labute approximate surface area is 234 Å². The van der Waals surface area contributed by atoms with E-state index in [1.165, 1.54) is 29.2 Å². The standard InChI is InChI=1S/C27H25F7N4O4/c28-25(29)6-5-17(18(13-25)21(39)37-24(14-35)7-8-24)20-19(36-23(42-20)26(30,31)27(32,33)34)15-1-3-16(4-2-15)22(40)38-9-11-41-12-10-38/h1-4,17-18H,5-13H2,(H,37,39)/t17-,18-/m1/s1. The van der Waals surface area contributed by atoms with E-state index in [9.17, 15) is 45.6 Å². The van der Waals surface area contributed by atoms with Crippen LogP contribution in [0.5, 0.6) is 0 Å². The zero-order chi connectivity index (χ0) is 30.5. The fourth-order valence-electron chi connectivity index (χ4n) is 5.21. The SMILES string of the molecule is N#CC1(NC(=O)[C@@H]2CC(F)(F)CC[C@H]2c2oc(C(F)(F)C(F)(F)F)nc2-c2ccc(C(=O)N3CCOCC3)cc2)CC1. The number of nitrogens with zero attached hydrogens (tertiary/aromatic N) is 3. The second-order valence-electron chi connectivity index (χ2n) is 10.8. The maximum Gasteiger partial charge on any atom is 0.463 e. The van der Waals surface area contributed by atoms with Crippen molar-refractivity contribution < 1.29 is 49.5 Å². The molecule has 0 radical (unpaired) electrons. The van der Waals surface area contributed by atoms with Crippen LogP contribution in [0, 0.1) is 17.2 Å². The molecule has 2 saturated carbocycles. The van der Waals surface area contributed by atoms with E-state index in [-0.39, 0.29) is 29.9 Å². The number of nitrogens with one attached hydrogen (secondary N) is 1. The number of ether oxygens (including phenoxy) is 1. The molecule has 15 heteroatoms. The summed E-state index contributed by atoms with van der Waals surface area (Å²) in [5, 5.41) is 11.8. The first kappa shape index (κ1) is 29.8. The zero-order valence-corrected chi connectivity index (χ0v) is 21.9. The van der Waals surface area contributed by atoms with Gasteiger partial charge in [0.25, 0.3) is 11.8 Å². The lowest BCUT2D eigenvalue weighted by molar-refractivity contribution is -0.297. The van der Waals surface area contributed by atoms with Crippen molar-refractivity contribution in [3.05, 3.63) is 41.5 Å². The van der Waals surface area contributed by atoms with E-state index in [4.69, 9.17) is 9.15 Å². The van der Waals surface area contributed by atoms with Gasteiger partial charge < -0.3 is 19.4 Å². The number of carbonyl (C=O) groups is 2. The average molecular weight is 603 g/mol. The molecular formula is C27H25F7N4O4. The van der Waals surface area contributed by atoms with Gasteiger partial charge in [0.05, 0.1) is 25.2 Å². The predicted octanol–water partition coefficient (Wildman–Crippen LogP) is 5.16. The van der Waals surface area contributed by atoms with Gasteiger partial charge >= 0.3 is 12.1 Å². The molecule has 226 valence electrons. The van der Waals surface area contributed by atoms with Crippen LogP contribution < -0.4 is 5.32 Å². The van der Waals surface area contributed by atoms with Crippen LogP contribution >= 0.6 is 0 Å². The number of halogens is 7. The smallest absolute Gasteiger partial charge is 0.439 e. The molecule has 2 atom stereocenters. The predicted molar refractivity (Wildman–Crippen MR) is 129 cm³/mol. The van der Waals surface area contributed by atoms with Gasteiger partial charge in [-0.25, -0.2) is 13.8 Å². The minimum Gasteiger partial charge on any atom is -0.439 e. The summed E-state index contributed by atoms with van der Waals surface area (Å²) in [4.78, 5) is 30.9. The fraction of sp³-hybridized carbons (Fsp3) is 0.556. The first-order valence-electron chi connectivity index (χ1n) is 13.2. The van der Waals surface area contributed by atoms with Gasteiger partial charge in [0.15, 0.2) is 0 Å². The van der Waals surface area contributed by atoms with Gasteiger partial charge in [0.2, 0.25) is 11.8 Å². The Morgan fingerprint density at radius 3 is 2.26 bits per heavy atom. The molecule has 3 aliphatic rings. The van der Waals surface area contributed by atoms with Gasteiger partial charge in [-0.05, 0) is 31.4 Å². The number of carbonyl (C=O) groups excluding carboxylic acids is 2. The molecule has 1 saturated heterocycles. The number of aromatic nitrogens is 1. The van der Waals surface area contributed by atoms with Crippen molar-refractivity contribution in [2.24, 2.45) is 5.92 Å². The van der Waals surface area contributed by atoms with Crippen molar-refractivity contribution in [3.63, 3.8) is 0 Å². The van der Waals surface area contributed by atoms with Gasteiger partial charge in [-0.3, -0.25) is 9.59 Å². The highest BCUT2D eigenvalue weighted by Gasteiger charge is 2.63. The maximum atomic E-state index is 14.5. The van der Waals surface area contributed by atoms with Crippen molar-refractivity contribution in [1.29, 1.82) is 5.26 Å². The molecule has 0 unspecified atom stereocenters. The number of rotatable bonds is 6. The first-order chi connectivity index (χ1) is 19.7. The molecule has 2 aliphatic carbocycles. The molecule has 1 aliphatic heterocycles. The third-order valence-corrected chi connectivity index (χ3v) is 7.81. The number of alkyl halides is 7. The topological polar surface area (TPSA) is 108 Å². The van der Waals surface area contributed by atoms with Crippen molar-refractivity contribution in [1.82, 2.24) is 15.2 Å². The van der Waals surface area contributed by atoms with Crippen LogP contribution in [0.2, 0.25) is 0 Å². The number of amides is 2. The van der Waals surface area contributed by atoms with Gasteiger partial charge in [-0.2, -0.15) is 27.2 Å². The van der Waals surface area contributed by atoms with Crippen LogP contribution in [-0.2, 0) is 15.5 Å². The number of oxazole rings is 1. The molecule has 0 spiro atoms. The van der Waals surface area contributed by atoms with E-state index in [0.717, 1.165) is 0 Å². The van der Waals surface area contributed by atoms with Crippen LogP contribution in [-0.4, -0.2) is 65.6 Å². The number of hydrogen-bond acceptors (Lipinski definition) is 6. The summed E-state index contributed by atoms with van der Waals surface area (Å²) in [5.41, 5.74) is -1.56. The van der Waals surface area contributed by atoms with Crippen LogP contribution in [0.4, 0.5) is 30.7 Å². The highest BCUT2D eigenvalue weighted by molar-refractivity contribution is 5.94. The summed E-state index contributed by atoms with van der Waals surface area (Å²) in [5.74, 6) is -15.7. The maximum absolute atomic E-state index is 14.5. The molecule has 1 aromatic carbocycles. The lowest BCUT2D eigenvalue weighted by atomic mass is 9.74. The molecule has 5 rings (SSSR count). The van der Waals surface area contributed by atoms with Crippen LogP contribution in [0.15, 0.2) is 28.7 Å². The third kappa shape index (κ3) is 5.68. The van der Waals surface area contributed by atoms with Gasteiger partial charge in [0, 0.05) is 43.0 Å². The summed E-state index contributed by atoms with van der Waals surface area (Å²) >= 11 is 0. The number of hydrogen-bond donors (Lipinski definition) is 1. The van der Waals surface area contributed by atoms with Gasteiger partial charge in [-0.15, -0.1) is 0 Å². The highest BCUT2D eigenvalue weighted by atomic mass is 19.4. The van der Waals surface area contributed by atoms with E-state index in [1.807, 2.05) is 6.07 Å². The number of nitriles is 1. The fourth-order valence-corrected chi connectivity index (χ4v) is 5.21. The molecule has 1 N–H and O–H groups in total. The second kappa shape index (κ2) is 10.6. The third-order valence-electron chi connectivity index (χ3n) is 7.81. The Kier molecular flexibility index (Phi) is 7.49. The Balaban J connectivity index is 1.54. The molecule has 0 bridgehead atoms. The molecule has 1 aromatic heterocycles. The minimum atomic E-state index is -6.08. The van der Waals surface area contributed by atoms with Crippen LogP contribution in [0.25, 0.3) is 11.3 Å². The Hall–Kier alpha value is -3.67. The summed E-state index contributed by atoms with van der Waals surface area (Å²) in [6, 6.07) is 7.09. The molecule has 2 amide bonds. The summed E-state index contributed by atoms with van der Waals surface area (Å²) in [6.07, 6.45) is -7.83. The Bertz CT molecular complexity index is 1390. The highest BCUT2D eigenvalue weighted by Crippen LogP contribution is 2.51. The molecule has 42 heavy (non-hydrogen) atoms. The minimum absolute atomic E-state index is 0.0244. The van der Waals surface area contributed by atoms with E-state index < -0.39 is 77.9 Å². The van der Waals surface area contributed by atoms with Crippen molar-refractivity contribution in [2.45, 2.75) is 61.6 Å². The molecule has 2 heterocycles. The lowest BCUT2D eigenvalue weighted by Gasteiger charge is -2.34. The second-order valence-corrected chi connectivity index (χ2v) is 10.8.